The van der Waals surface area contributed by atoms with Gasteiger partial charge in [0.15, 0.2) is 5.57 Å². The molecule has 0 saturated heterocycles. The predicted molar refractivity (Wildman–Crippen MR) is 81.6 cm³/mol. The highest BCUT2D eigenvalue weighted by Gasteiger charge is 2.16. The van der Waals surface area contributed by atoms with Crippen molar-refractivity contribution < 1.29 is 14.3 Å². The summed E-state index contributed by atoms with van der Waals surface area (Å²) in [6.07, 6.45) is 0. The van der Waals surface area contributed by atoms with Crippen LogP contribution in [0.2, 0.25) is 5.02 Å². The van der Waals surface area contributed by atoms with Crippen LogP contribution in [0.15, 0.2) is 54.1 Å². The number of anilines is 1. The van der Waals surface area contributed by atoms with Crippen LogP contribution in [0, 0.1) is 17.1 Å². The maximum Gasteiger partial charge on any atom is 0.270 e. The number of hydrogen-bond acceptors (Lipinski definition) is 3. The summed E-state index contributed by atoms with van der Waals surface area (Å²) in [6, 6.07) is 12.7. The summed E-state index contributed by atoms with van der Waals surface area (Å²) in [4.78, 5) is 12.0. The SMILES string of the molecule is N#CC(C(=O)Nc1ccc(F)cc1)=C(O)c1ccc(Cl)cc1. The summed E-state index contributed by atoms with van der Waals surface area (Å²) in [5, 5.41) is 22.0. The van der Waals surface area contributed by atoms with Gasteiger partial charge >= 0.3 is 0 Å². The fourth-order valence-electron chi connectivity index (χ4n) is 1.69. The van der Waals surface area contributed by atoms with E-state index in [9.17, 15) is 14.3 Å². The molecule has 2 aromatic rings. The molecule has 0 heterocycles. The fourth-order valence-corrected chi connectivity index (χ4v) is 1.82. The molecule has 6 heteroatoms. The van der Waals surface area contributed by atoms with Crippen molar-refractivity contribution in [1.29, 1.82) is 5.26 Å². The molecule has 0 aliphatic heterocycles. The van der Waals surface area contributed by atoms with Gasteiger partial charge in [0, 0.05) is 16.3 Å². The number of benzene rings is 2. The Morgan fingerprint density at radius 2 is 1.73 bits per heavy atom. The van der Waals surface area contributed by atoms with Gasteiger partial charge in [-0.2, -0.15) is 5.26 Å². The van der Waals surface area contributed by atoms with E-state index in [1.807, 2.05) is 0 Å². The molecular weight excluding hydrogens is 307 g/mol. The van der Waals surface area contributed by atoms with E-state index >= 15 is 0 Å². The van der Waals surface area contributed by atoms with E-state index < -0.39 is 23.1 Å². The van der Waals surface area contributed by atoms with Crippen molar-refractivity contribution in [2.24, 2.45) is 0 Å². The molecule has 0 saturated carbocycles. The summed E-state index contributed by atoms with van der Waals surface area (Å²) in [7, 11) is 0. The number of carbonyl (C=O) groups is 1. The van der Waals surface area contributed by atoms with Crippen molar-refractivity contribution in [3.05, 3.63) is 70.5 Å². The highest BCUT2D eigenvalue weighted by molar-refractivity contribution is 6.30. The molecule has 2 N–H and O–H groups in total. The molecule has 22 heavy (non-hydrogen) atoms. The maximum absolute atomic E-state index is 12.8. The van der Waals surface area contributed by atoms with Gasteiger partial charge < -0.3 is 10.4 Å². The lowest BCUT2D eigenvalue weighted by Gasteiger charge is -2.07. The van der Waals surface area contributed by atoms with Gasteiger partial charge in [0.25, 0.3) is 5.91 Å². The van der Waals surface area contributed by atoms with E-state index in [1.165, 1.54) is 48.5 Å². The molecular formula is C16H10ClFN2O2. The molecule has 0 bridgehead atoms. The van der Waals surface area contributed by atoms with E-state index in [1.54, 1.807) is 6.07 Å². The van der Waals surface area contributed by atoms with E-state index in [2.05, 4.69) is 5.32 Å². The van der Waals surface area contributed by atoms with E-state index in [4.69, 9.17) is 16.9 Å². The van der Waals surface area contributed by atoms with Crippen LogP contribution in [-0.2, 0) is 4.79 Å². The maximum atomic E-state index is 12.8. The lowest BCUT2D eigenvalue weighted by molar-refractivity contribution is -0.112. The highest BCUT2D eigenvalue weighted by atomic mass is 35.5. The van der Waals surface area contributed by atoms with Crippen molar-refractivity contribution in [2.75, 3.05) is 5.32 Å². The average molecular weight is 317 g/mol. The van der Waals surface area contributed by atoms with Crippen molar-refractivity contribution >= 4 is 29.0 Å². The zero-order valence-corrected chi connectivity index (χ0v) is 11.9. The summed E-state index contributed by atoms with van der Waals surface area (Å²) in [5.74, 6) is -1.70. The van der Waals surface area contributed by atoms with Crippen molar-refractivity contribution in [1.82, 2.24) is 0 Å². The van der Waals surface area contributed by atoms with Gasteiger partial charge in [-0.05, 0) is 48.5 Å². The summed E-state index contributed by atoms with van der Waals surface area (Å²) >= 11 is 5.74. The Balaban J connectivity index is 2.28. The number of aliphatic hydroxyl groups excluding tert-OH is 1. The minimum Gasteiger partial charge on any atom is -0.506 e. The Morgan fingerprint density at radius 3 is 2.27 bits per heavy atom. The zero-order chi connectivity index (χ0) is 16.1. The average Bonchev–Trinajstić information content (AvgIpc) is 2.51. The number of nitrogens with zero attached hydrogens (tertiary/aromatic N) is 1. The molecule has 1 amide bonds. The van der Waals surface area contributed by atoms with Gasteiger partial charge in [-0.15, -0.1) is 0 Å². The standard InChI is InChI=1S/C16H10ClFN2O2/c17-11-3-1-10(2-4-11)15(21)14(9-19)16(22)20-13-7-5-12(18)6-8-13/h1-8,21H,(H,20,22). The minimum absolute atomic E-state index is 0.287. The van der Waals surface area contributed by atoms with E-state index in [0.717, 1.165) is 0 Å². The van der Waals surface area contributed by atoms with Crippen LogP contribution in [-0.4, -0.2) is 11.0 Å². The first kappa shape index (κ1) is 15.5. The molecule has 0 spiro atoms. The second-order valence-electron chi connectivity index (χ2n) is 4.30. The molecule has 0 radical (unpaired) electrons. The highest BCUT2D eigenvalue weighted by Crippen LogP contribution is 2.19. The molecule has 0 atom stereocenters. The first-order valence-electron chi connectivity index (χ1n) is 6.17. The van der Waals surface area contributed by atoms with Gasteiger partial charge in [-0.25, -0.2) is 4.39 Å². The molecule has 2 rings (SSSR count). The van der Waals surface area contributed by atoms with Crippen molar-refractivity contribution in [3.8, 4) is 6.07 Å². The smallest absolute Gasteiger partial charge is 0.270 e. The largest absolute Gasteiger partial charge is 0.506 e. The first-order valence-corrected chi connectivity index (χ1v) is 6.55. The van der Waals surface area contributed by atoms with Gasteiger partial charge in [0.1, 0.15) is 17.6 Å². The second-order valence-corrected chi connectivity index (χ2v) is 4.74. The predicted octanol–water partition coefficient (Wildman–Crippen LogP) is 3.91. The van der Waals surface area contributed by atoms with Gasteiger partial charge in [-0.3, -0.25) is 4.79 Å². The number of halogens is 2. The number of nitriles is 1. The third kappa shape index (κ3) is 3.62. The van der Waals surface area contributed by atoms with Crippen LogP contribution < -0.4 is 5.32 Å². The molecule has 2 aromatic carbocycles. The minimum atomic E-state index is -0.790. The van der Waals surface area contributed by atoms with Crippen LogP contribution in [0.4, 0.5) is 10.1 Å². The van der Waals surface area contributed by atoms with Crippen molar-refractivity contribution in [2.45, 2.75) is 0 Å². The van der Waals surface area contributed by atoms with Crippen LogP contribution in [0.25, 0.3) is 5.76 Å². The Labute approximate surface area is 131 Å². The monoisotopic (exact) mass is 316 g/mol. The Bertz CT molecular complexity index is 762. The summed E-state index contributed by atoms with van der Waals surface area (Å²) in [6.45, 7) is 0. The van der Waals surface area contributed by atoms with E-state index in [0.29, 0.717) is 10.7 Å². The third-order valence-corrected chi connectivity index (χ3v) is 3.05. The first-order chi connectivity index (χ1) is 10.5. The second kappa shape index (κ2) is 6.74. The van der Waals surface area contributed by atoms with Gasteiger partial charge in [0.05, 0.1) is 0 Å². The number of hydrogen-bond donors (Lipinski definition) is 2. The molecule has 0 fully saturated rings. The molecule has 0 aliphatic rings. The summed E-state index contributed by atoms with van der Waals surface area (Å²) < 4.78 is 12.8. The number of nitrogens with one attached hydrogen (secondary N) is 1. The zero-order valence-electron chi connectivity index (χ0n) is 11.2. The number of rotatable bonds is 3. The van der Waals surface area contributed by atoms with Crippen LogP contribution in [0.1, 0.15) is 5.56 Å². The van der Waals surface area contributed by atoms with E-state index in [-0.39, 0.29) is 5.56 Å². The molecule has 0 aromatic heterocycles. The lowest BCUT2D eigenvalue weighted by Crippen LogP contribution is -2.15. The quantitative estimate of drug-likeness (QED) is 0.512. The lowest BCUT2D eigenvalue weighted by atomic mass is 10.1. The van der Waals surface area contributed by atoms with Crippen LogP contribution in [0.5, 0.6) is 0 Å². The summed E-state index contributed by atoms with van der Waals surface area (Å²) in [5.41, 5.74) is 0.143. The van der Waals surface area contributed by atoms with Crippen LogP contribution in [0.3, 0.4) is 0 Å². The molecule has 0 unspecified atom stereocenters. The van der Waals surface area contributed by atoms with Gasteiger partial charge in [0.2, 0.25) is 0 Å². The number of aliphatic hydroxyl groups is 1. The molecule has 4 nitrogen and oxygen atoms in total. The Kier molecular flexibility index (Phi) is 4.77. The molecule has 110 valence electrons. The number of amides is 1. The molecule has 0 aliphatic carbocycles. The Morgan fingerprint density at radius 1 is 1.14 bits per heavy atom. The topological polar surface area (TPSA) is 73.1 Å². The third-order valence-electron chi connectivity index (χ3n) is 2.80. The van der Waals surface area contributed by atoms with Crippen molar-refractivity contribution in [3.63, 3.8) is 0 Å². The number of carbonyl (C=O) groups excluding carboxylic acids is 1. The Hall–Kier alpha value is -2.84. The van der Waals surface area contributed by atoms with Crippen LogP contribution >= 0.6 is 11.6 Å². The van der Waals surface area contributed by atoms with Gasteiger partial charge in [-0.1, -0.05) is 11.6 Å². The fraction of sp³-hybridized carbons (Fsp3) is 0. The normalized spacial score (nSPS) is 11.3.